The fourth-order valence-corrected chi connectivity index (χ4v) is 4.61. The zero-order valence-electron chi connectivity index (χ0n) is 11.4. The van der Waals surface area contributed by atoms with Crippen molar-refractivity contribution in [2.45, 2.75) is 5.50 Å². The van der Waals surface area contributed by atoms with E-state index < -0.39 is 0 Å². The van der Waals surface area contributed by atoms with Gasteiger partial charge in [-0.25, -0.2) is 4.79 Å². The van der Waals surface area contributed by atoms with Crippen LogP contribution in [0, 0.1) is 0 Å². The van der Waals surface area contributed by atoms with Crippen LogP contribution in [0.3, 0.4) is 0 Å². The zero-order chi connectivity index (χ0) is 14.7. The number of H-pyrrole nitrogens is 1. The van der Waals surface area contributed by atoms with Gasteiger partial charge in [-0.2, -0.15) is 0 Å². The zero-order valence-corrected chi connectivity index (χ0v) is 13.0. The number of fused-ring (bicyclic) bond motifs is 3. The van der Waals surface area contributed by atoms with E-state index in [9.17, 15) is 9.59 Å². The lowest BCUT2D eigenvalue weighted by Gasteiger charge is -2.21. The van der Waals surface area contributed by atoms with Crippen molar-refractivity contribution < 1.29 is 0 Å². The molecule has 21 heavy (non-hydrogen) atoms. The van der Waals surface area contributed by atoms with Gasteiger partial charge in [0.2, 0.25) is 0 Å². The number of aromatic amines is 1. The molecule has 0 aliphatic carbocycles. The average molecular weight is 320 g/mol. The molecule has 0 saturated carbocycles. The van der Waals surface area contributed by atoms with Crippen LogP contribution in [0.15, 0.2) is 33.3 Å². The van der Waals surface area contributed by atoms with Crippen LogP contribution in [0.25, 0.3) is 4.91 Å². The Morgan fingerprint density at radius 2 is 2.10 bits per heavy atom. The van der Waals surface area contributed by atoms with Crippen LogP contribution in [0.4, 0.5) is 11.5 Å². The maximum atomic E-state index is 12.4. The number of hydrogen-bond acceptors (Lipinski definition) is 6. The maximum absolute atomic E-state index is 12.4. The Hall–Kier alpha value is -1.93. The van der Waals surface area contributed by atoms with E-state index in [1.165, 1.54) is 11.9 Å². The molecule has 1 N–H and O–H groups in total. The van der Waals surface area contributed by atoms with Gasteiger partial charge in [0.15, 0.2) is 11.2 Å². The molecule has 0 saturated heterocycles. The van der Waals surface area contributed by atoms with Gasteiger partial charge >= 0.3 is 5.69 Å². The molecule has 6 nitrogen and oxygen atoms in total. The van der Waals surface area contributed by atoms with E-state index in [1.54, 1.807) is 23.1 Å². The van der Waals surface area contributed by atoms with E-state index in [0.29, 0.717) is 11.5 Å². The summed E-state index contributed by atoms with van der Waals surface area (Å²) in [6.45, 7) is 0. The number of nitrogens with one attached hydrogen (secondary N) is 1. The van der Waals surface area contributed by atoms with Crippen LogP contribution in [0.5, 0.6) is 0 Å². The van der Waals surface area contributed by atoms with Gasteiger partial charge in [-0.1, -0.05) is 17.8 Å². The Morgan fingerprint density at radius 3 is 2.81 bits per heavy atom. The molecule has 4 heterocycles. The first-order valence-corrected chi connectivity index (χ1v) is 8.10. The first-order chi connectivity index (χ1) is 10.1. The molecule has 4 rings (SSSR count). The van der Waals surface area contributed by atoms with Crippen LogP contribution >= 0.6 is 23.1 Å². The van der Waals surface area contributed by atoms with E-state index in [2.05, 4.69) is 11.1 Å². The van der Waals surface area contributed by atoms with Crippen molar-refractivity contribution in [1.29, 1.82) is 0 Å². The van der Waals surface area contributed by atoms with Crippen molar-refractivity contribution in [3.63, 3.8) is 0 Å². The highest BCUT2D eigenvalue weighted by atomic mass is 32.2. The predicted octanol–water partition coefficient (Wildman–Crippen LogP) is 1.42. The fourth-order valence-electron chi connectivity index (χ4n) is 2.57. The summed E-state index contributed by atoms with van der Waals surface area (Å²) in [6, 6.07) is 4.08. The van der Waals surface area contributed by atoms with Crippen LogP contribution in [-0.4, -0.2) is 22.1 Å². The first-order valence-electron chi connectivity index (χ1n) is 6.35. The molecule has 0 spiro atoms. The molecule has 0 radical (unpaired) electrons. The summed E-state index contributed by atoms with van der Waals surface area (Å²) in [6.07, 6.45) is 1.99. The van der Waals surface area contributed by atoms with Gasteiger partial charge in [0.05, 0.1) is 0 Å². The lowest BCUT2D eigenvalue weighted by molar-refractivity contribution is 0.779. The summed E-state index contributed by atoms with van der Waals surface area (Å²) < 4.78 is 1.11. The summed E-state index contributed by atoms with van der Waals surface area (Å²) in [4.78, 5) is 33.1. The third kappa shape index (κ3) is 1.66. The standard InChI is InChI=1S/C13H12N4O2S2/c1-15-10-9(11(18)16(2)12(19)14-10)17-6-8(21-13(15)17)7-4-3-5-20-7/h3-6,13H,1-2H3,(H,14,19). The molecule has 1 unspecified atom stereocenters. The van der Waals surface area contributed by atoms with Crippen molar-refractivity contribution in [2.24, 2.45) is 7.05 Å². The molecule has 0 amide bonds. The highest BCUT2D eigenvalue weighted by molar-refractivity contribution is 8.09. The second-order valence-corrected chi connectivity index (χ2v) is 6.97. The van der Waals surface area contributed by atoms with Crippen LogP contribution in [0.2, 0.25) is 0 Å². The number of rotatable bonds is 1. The Kier molecular flexibility index (Phi) is 2.61. The van der Waals surface area contributed by atoms with Gasteiger partial charge in [0, 0.05) is 30.1 Å². The monoisotopic (exact) mass is 320 g/mol. The SMILES string of the molecule is CN1c2[nH]c(=O)n(C)c(=O)c2N2C=C(c3cccs3)SC12. The molecule has 0 aromatic carbocycles. The molecule has 8 heteroatoms. The Labute approximate surface area is 128 Å². The molecule has 108 valence electrons. The Morgan fingerprint density at radius 1 is 1.29 bits per heavy atom. The summed E-state index contributed by atoms with van der Waals surface area (Å²) in [5, 5.41) is 2.04. The number of thiophene rings is 1. The van der Waals surface area contributed by atoms with E-state index in [1.807, 2.05) is 34.5 Å². The van der Waals surface area contributed by atoms with Crippen LogP contribution < -0.4 is 21.0 Å². The largest absolute Gasteiger partial charge is 0.330 e. The van der Waals surface area contributed by atoms with E-state index in [4.69, 9.17) is 0 Å². The van der Waals surface area contributed by atoms with Crippen molar-refractivity contribution in [3.05, 3.63) is 49.4 Å². The van der Waals surface area contributed by atoms with Crippen molar-refractivity contribution in [3.8, 4) is 0 Å². The summed E-state index contributed by atoms with van der Waals surface area (Å²) in [5.74, 6) is 0.585. The van der Waals surface area contributed by atoms with Gasteiger partial charge in [0.1, 0.15) is 5.82 Å². The van der Waals surface area contributed by atoms with Crippen LogP contribution in [0.1, 0.15) is 4.88 Å². The molecule has 1 atom stereocenters. The van der Waals surface area contributed by atoms with Crippen molar-refractivity contribution in [1.82, 2.24) is 9.55 Å². The molecular formula is C13H12N4O2S2. The molecule has 0 bridgehead atoms. The average Bonchev–Trinajstić information content (AvgIpc) is 3.15. The molecular weight excluding hydrogens is 308 g/mol. The quantitative estimate of drug-likeness (QED) is 0.861. The third-order valence-electron chi connectivity index (χ3n) is 3.69. The summed E-state index contributed by atoms with van der Waals surface area (Å²) in [7, 11) is 3.37. The first kappa shape index (κ1) is 12.8. The molecule has 2 aliphatic rings. The predicted molar refractivity (Wildman–Crippen MR) is 86.9 cm³/mol. The maximum Gasteiger partial charge on any atom is 0.329 e. The van der Waals surface area contributed by atoms with E-state index in [0.717, 1.165) is 9.47 Å². The topological polar surface area (TPSA) is 61.3 Å². The number of aromatic nitrogens is 2. The smallest absolute Gasteiger partial charge is 0.329 e. The van der Waals surface area contributed by atoms with E-state index >= 15 is 0 Å². The lowest BCUT2D eigenvalue weighted by atomic mass is 10.4. The molecule has 2 aliphatic heterocycles. The highest BCUT2D eigenvalue weighted by Gasteiger charge is 2.41. The number of hydrogen-bond donors (Lipinski definition) is 1. The van der Waals surface area contributed by atoms with Crippen molar-refractivity contribution in [2.75, 3.05) is 16.8 Å². The third-order valence-corrected chi connectivity index (χ3v) is 6.06. The van der Waals surface area contributed by atoms with Gasteiger partial charge in [0.25, 0.3) is 5.56 Å². The number of anilines is 2. The van der Waals surface area contributed by atoms with Crippen molar-refractivity contribution >= 4 is 39.5 Å². The number of thioether (sulfide) groups is 1. The minimum absolute atomic E-state index is 0.0251. The Balaban J connectivity index is 1.89. The van der Waals surface area contributed by atoms with Gasteiger partial charge in [-0.15, -0.1) is 11.3 Å². The van der Waals surface area contributed by atoms with E-state index in [-0.39, 0.29) is 16.7 Å². The summed E-state index contributed by atoms with van der Waals surface area (Å²) in [5.41, 5.74) is -0.155. The minimum atomic E-state index is -0.390. The highest BCUT2D eigenvalue weighted by Crippen LogP contribution is 2.49. The molecule has 0 fully saturated rings. The van der Waals surface area contributed by atoms with Gasteiger partial charge < -0.3 is 9.80 Å². The molecule has 2 aromatic rings. The second kappa shape index (κ2) is 4.28. The Bertz CT molecular complexity index is 865. The number of nitrogens with zero attached hydrogens (tertiary/aromatic N) is 3. The van der Waals surface area contributed by atoms with Gasteiger partial charge in [-0.05, 0) is 11.4 Å². The lowest BCUT2D eigenvalue weighted by Crippen LogP contribution is -2.35. The normalized spacial score (nSPS) is 19.7. The second-order valence-electron chi connectivity index (χ2n) is 4.92. The molecule has 2 aromatic heterocycles. The van der Waals surface area contributed by atoms with Crippen LogP contribution in [-0.2, 0) is 7.05 Å². The summed E-state index contributed by atoms with van der Waals surface area (Å²) >= 11 is 3.35. The fraction of sp³-hybridized carbons (Fsp3) is 0.231. The van der Waals surface area contributed by atoms with Gasteiger partial charge in [-0.3, -0.25) is 14.3 Å². The minimum Gasteiger partial charge on any atom is -0.330 e.